The molecule has 0 aliphatic carbocycles. The number of methoxy groups -OCH3 is 2. The highest BCUT2D eigenvalue weighted by molar-refractivity contribution is 6.00. The average Bonchev–Trinajstić information content (AvgIpc) is 2.73. The molecule has 0 atom stereocenters. The number of nitrogen functional groups attached to an aromatic ring is 1. The van der Waals surface area contributed by atoms with Crippen LogP contribution >= 0.6 is 0 Å². The van der Waals surface area contributed by atoms with Crippen LogP contribution in [0.2, 0.25) is 0 Å². The maximum atomic E-state index is 12.7. The summed E-state index contributed by atoms with van der Waals surface area (Å²) in [5, 5.41) is 0. The predicted molar refractivity (Wildman–Crippen MR) is 111 cm³/mol. The summed E-state index contributed by atoms with van der Waals surface area (Å²) >= 11 is 0. The highest BCUT2D eigenvalue weighted by atomic mass is 16.5. The summed E-state index contributed by atoms with van der Waals surface area (Å²) in [6, 6.07) is 5.77. The Morgan fingerprint density at radius 2 is 1.80 bits per heavy atom. The van der Waals surface area contributed by atoms with Crippen LogP contribution in [0.25, 0.3) is 0 Å². The Balaban J connectivity index is 1.62. The molecule has 5 N–H and O–H groups in total. The van der Waals surface area contributed by atoms with Crippen LogP contribution in [0.15, 0.2) is 27.8 Å². The number of ketones is 1. The van der Waals surface area contributed by atoms with Crippen molar-refractivity contribution in [3.8, 4) is 11.5 Å². The lowest BCUT2D eigenvalue weighted by atomic mass is 10.1. The third kappa shape index (κ3) is 4.55. The van der Waals surface area contributed by atoms with E-state index in [1.807, 2.05) is 18.2 Å². The molecule has 1 saturated heterocycles. The fourth-order valence-corrected chi connectivity index (χ4v) is 3.82. The summed E-state index contributed by atoms with van der Waals surface area (Å²) < 4.78 is 11.9. The number of aromatic nitrogens is 2. The first-order chi connectivity index (χ1) is 14.3. The average molecular weight is 419 g/mol. The van der Waals surface area contributed by atoms with Gasteiger partial charge in [0, 0.05) is 7.05 Å². The molecule has 30 heavy (non-hydrogen) atoms. The van der Waals surface area contributed by atoms with Crippen molar-refractivity contribution in [2.75, 3.05) is 52.7 Å². The van der Waals surface area contributed by atoms with Crippen molar-refractivity contribution in [3.63, 3.8) is 0 Å². The molecule has 0 radical (unpaired) electrons. The number of nitrogens with one attached hydrogen (secondary N) is 3. The Hall–Kier alpha value is -3.11. The van der Waals surface area contributed by atoms with E-state index in [1.165, 1.54) is 11.9 Å². The Morgan fingerprint density at radius 3 is 2.43 bits per heavy atom. The van der Waals surface area contributed by atoms with E-state index < -0.39 is 11.2 Å². The molecule has 162 valence electrons. The fourth-order valence-electron chi connectivity index (χ4n) is 3.82. The molecule has 0 amide bonds. The molecule has 0 bridgehead atoms. The van der Waals surface area contributed by atoms with Gasteiger partial charge >= 0.3 is 5.69 Å². The number of nitrogens with zero attached hydrogens (tertiary/aromatic N) is 1. The normalized spacial score (nSPS) is 18.8. The second-order valence-corrected chi connectivity index (χ2v) is 7.53. The van der Waals surface area contributed by atoms with Crippen molar-refractivity contribution >= 4 is 11.6 Å². The van der Waals surface area contributed by atoms with E-state index in [2.05, 4.69) is 4.98 Å². The van der Waals surface area contributed by atoms with E-state index in [-0.39, 0.29) is 23.7 Å². The van der Waals surface area contributed by atoms with Crippen LogP contribution in [0.1, 0.15) is 15.9 Å². The van der Waals surface area contributed by atoms with Crippen molar-refractivity contribution < 1.29 is 24.1 Å². The number of H-pyrrole nitrogens is 1. The number of carbonyl (C=O) groups excluding carboxylic acids is 1. The number of quaternary nitrogens is 2. The number of Topliss-reactive ketones (excluding diaryl/α,β-unsaturated/α-hetero) is 1. The van der Waals surface area contributed by atoms with E-state index in [1.54, 1.807) is 14.2 Å². The predicted octanol–water partition coefficient (Wildman–Crippen LogP) is -3.16. The molecule has 10 nitrogen and oxygen atoms in total. The maximum absolute atomic E-state index is 12.7. The molecule has 1 fully saturated rings. The highest BCUT2D eigenvalue weighted by Crippen LogP contribution is 2.23. The number of piperazine rings is 1. The van der Waals surface area contributed by atoms with E-state index >= 15 is 0 Å². The van der Waals surface area contributed by atoms with Gasteiger partial charge in [-0.15, -0.1) is 0 Å². The number of benzene rings is 1. The number of aromatic amines is 1. The van der Waals surface area contributed by atoms with Crippen molar-refractivity contribution in [2.24, 2.45) is 7.05 Å². The van der Waals surface area contributed by atoms with Crippen LogP contribution < -0.4 is 36.3 Å². The zero-order valence-electron chi connectivity index (χ0n) is 17.5. The van der Waals surface area contributed by atoms with Crippen molar-refractivity contribution in [1.82, 2.24) is 9.55 Å². The van der Waals surface area contributed by atoms with Crippen LogP contribution in [0, 0.1) is 0 Å². The summed E-state index contributed by atoms with van der Waals surface area (Å²) in [6.07, 6.45) is 0. The van der Waals surface area contributed by atoms with Crippen LogP contribution in [-0.2, 0) is 13.6 Å². The van der Waals surface area contributed by atoms with Gasteiger partial charge in [0.2, 0.25) is 5.78 Å². The molecule has 3 rings (SSSR count). The fraction of sp³-hybridized carbons (Fsp3) is 0.450. The van der Waals surface area contributed by atoms with E-state index in [4.69, 9.17) is 15.2 Å². The molecular formula is C20H29N5O5+2. The number of carbonyl (C=O) groups is 1. The lowest BCUT2D eigenvalue weighted by Gasteiger charge is -2.29. The Morgan fingerprint density at radius 1 is 1.13 bits per heavy atom. The van der Waals surface area contributed by atoms with Gasteiger partial charge in [-0.3, -0.25) is 19.1 Å². The summed E-state index contributed by atoms with van der Waals surface area (Å²) in [6.45, 7) is 4.30. The molecule has 1 aromatic carbocycles. The standard InChI is InChI=1S/C20H27N5O5/c1-23-18(21)17(19(27)22-20(23)28)15(26)12-25-8-6-24(7-9-25)11-13-10-14(29-2)4-5-16(13)30-3/h4-5,10H,6-9,11-12,21H2,1-3H3,(H,22,27,28)/p+2. The van der Waals surface area contributed by atoms with Gasteiger partial charge in [0.15, 0.2) is 0 Å². The van der Waals surface area contributed by atoms with Gasteiger partial charge in [-0.2, -0.15) is 0 Å². The maximum Gasteiger partial charge on any atom is 0.329 e. The minimum absolute atomic E-state index is 0.0949. The minimum Gasteiger partial charge on any atom is -0.497 e. The van der Waals surface area contributed by atoms with Gasteiger partial charge in [-0.05, 0) is 18.2 Å². The van der Waals surface area contributed by atoms with Gasteiger partial charge in [-0.25, -0.2) is 4.79 Å². The lowest BCUT2D eigenvalue weighted by molar-refractivity contribution is -1.01. The minimum atomic E-state index is -0.727. The summed E-state index contributed by atoms with van der Waals surface area (Å²) in [5.41, 5.74) is 5.42. The Labute approximate surface area is 173 Å². The number of ether oxygens (including phenoxy) is 2. The molecule has 0 saturated carbocycles. The van der Waals surface area contributed by atoms with E-state index in [9.17, 15) is 14.4 Å². The first-order valence-corrected chi connectivity index (χ1v) is 9.84. The number of nitrogens with two attached hydrogens (primary N) is 1. The van der Waals surface area contributed by atoms with Gasteiger partial charge in [-0.1, -0.05) is 0 Å². The van der Waals surface area contributed by atoms with Crippen LogP contribution in [0.3, 0.4) is 0 Å². The monoisotopic (exact) mass is 419 g/mol. The second-order valence-electron chi connectivity index (χ2n) is 7.53. The first kappa shape index (κ1) is 21.6. The van der Waals surface area contributed by atoms with Crippen LogP contribution in [0.5, 0.6) is 11.5 Å². The third-order valence-electron chi connectivity index (χ3n) is 5.65. The van der Waals surface area contributed by atoms with Gasteiger partial charge < -0.3 is 25.0 Å². The molecule has 0 spiro atoms. The summed E-state index contributed by atoms with van der Waals surface area (Å²) in [4.78, 5) is 40.9. The molecule has 10 heteroatoms. The quantitative estimate of drug-likeness (QED) is 0.351. The van der Waals surface area contributed by atoms with Crippen molar-refractivity contribution in [3.05, 3.63) is 50.2 Å². The molecule has 2 aromatic rings. The van der Waals surface area contributed by atoms with E-state index in [0.29, 0.717) is 0 Å². The molecule has 1 aromatic heterocycles. The molecule has 1 aliphatic rings. The number of hydrogen-bond acceptors (Lipinski definition) is 6. The largest absolute Gasteiger partial charge is 0.497 e. The van der Waals surface area contributed by atoms with Crippen LogP contribution in [-0.4, -0.2) is 62.3 Å². The lowest BCUT2D eigenvalue weighted by Crippen LogP contribution is -3.27. The molecule has 2 heterocycles. The van der Waals surface area contributed by atoms with Gasteiger partial charge in [0.1, 0.15) is 62.1 Å². The van der Waals surface area contributed by atoms with Gasteiger partial charge in [0.05, 0.1) is 19.8 Å². The Bertz CT molecular complexity index is 1040. The second kappa shape index (κ2) is 9.14. The van der Waals surface area contributed by atoms with Crippen LogP contribution in [0.4, 0.5) is 5.82 Å². The van der Waals surface area contributed by atoms with E-state index in [0.717, 1.165) is 59.3 Å². The number of rotatable bonds is 7. The van der Waals surface area contributed by atoms with Crippen molar-refractivity contribution in [2.45, 2.75) is 6.54 Å². The number of hydrogen-bond donors (Lipinski definition) is 4. The SMILES string of the molecule is COc1ccc(OC)c(C[NH+]2CC[NH+](CC(=O)c3c(N)n(C)c(=O)[nH]c3=O)CC2)c1. The van der Waals surface area contributed by atoms with Crippen molar-refractivity contribution in [1.29, 1.82) is 0 Å². The topological polar surface area (TPSA) is 125 Å². The first-order valence-electron chi connectivity index (χ1n) is 9.84. The highest BCUT2D eigenvalue weighted by Gasteiger charge is 2.28. The number of anilines is 1. The molecular weight excluding hydrogens is 390 g/mol. The zero-order valence-corrected chi connectivity index (χ0v) is 17.5. The Kier molecular flexibility index (Phi) is 6.58. The third-order valence-corrected chi connectivity index (χ3v) is 5.65. The van der Waals surface area contributed by atoms with Gasteiger partial charge in [0.25, 0.3) is 5.56 Å². The summed E-state index contributed by atoms with van der Waals surface area (Å²) in [7, 11) is 4.72. The summed E-state index contributed by atoms with van der Waals surface area (Å²) in [5.74, 6) is 1.18. The zero-order chi connectivity index (χ0) is 21.8. The molecule has 1 aliphatic heterocycles. The smallest absolute Gasteiger partial charge is 0.329 e. The molecule has 0 unspecified atom stereocenters.